The second-order valence-corrected chi connectivity index (χ2v) is 11.5. The minimum Gasteiger partial charge on any atom is -0.496 e. The first-order chi connectivity index (χ1) is 22.9. The van der Waals surface area contributed by atoms with Gasteiger partial charge in [-0.1, -0.05) is 30.3 Å². The van der Waals surface area contributed by atoms with Gasteiger partial charge in [-0.25, -0.2) is 0 Å². The molecule has 1 atom stereocenters. The maximum atomic E-state index is 13.6. The largest absolute Gasteiger partial charge is 0.496 e. The van der Waals surface area contributed by atoms with E-state index in [1.165, 1.54) is 45.6 Å². The van der Waals surface area contributed by atoms with Crippen molar-refractivity contribution < 1.29 is 41.8 Å². The van der Waals surface area contributed by atoms with Gasteiger partial charge in [-0.2, -0.15) is 13.2 Å². The molecule has 4 aromatic carbocycles. The van der Waals surface area contributed by atoms with Crippen LogP contribution in [0, 0.1) is 0 Å². The van der Waals surface area contributed by atoms with E-state index in [0.29, 0.717) is 39.0 Å². The molecular weight excluding hydrogens is 647 g/mol. The van der Waals surface area contributed by atoms with Crippen molar-refractivity contribution in [1.82, 2.24) is 5.32 Å². The number of halogens is 3. The molecule has 48 heavy (non-hydrogen) atoms. The van der Waals surface area contributed by atoms with Gasteiger partial charge in [-0.15, -0.1) is 11.8 Å². The van der Waals surface area contributed by atoms with Crippen LogP contribution in [0.1, 0.15) is 28.4 Å². The molecule has 0 aliphatic carbocycles. The minimum atomic E-state index is -4.62. The third-order valence-corrected chi connectivity index (χ3v) is 7.96. The average Bonchev–Trinajstić information content (AvgIpc) is 3.08. The van der Waals surface area contributed by atoms with E-state index in [9.17, 15) is 27.6 Å². The number of hydrogen-bond donors (Lipinski definition) is 3. The van der Waals surface area contributed by atoms with Crippen molar-refractivity contribution in [3.05, 3.63) is 113 Å². The standard InChI is InChI=1S/C35H32F3N3O6S/c1-21(32(42)40-27-13-9-8-12-26(27)35(36,37)38)48-25-16-14-24(15-17-25)39-34(44)28(41-33(43)22-10-6-5-7-11-22)18-23-19-30(46-3)31(47-4)20-29(23)45-2/h5-21H,1-4H3,(H,39,44)(H,40,42)(H,41,43)/b28-18-. The molecule has 0 spiro atoms. The molecule has 0 saturated carbocycles. The molecule has 0 aliphatic rings. The summed E-state index contributed by atoms with van der Waals surface area (Å²) in [7, 11) is 4.39. The smallest absolute Gasteiger partial charge is 0.418 e. The van der Waals surface area contributed by atoms with Crippen LogP contribution in [0.15, 0.2) is 102 Å². The van der Waals surface area contributed by atoms with E-state index in [1.807, 2.05) is 0 Å². The lowest BCUT2D eigenvalue weighted by Gasteiger charge is -2.16. The Kier molecular flexibility index (Phi) is 11.7. The van der Waals surface area contributed by atoms with Crippen LogP contribution in [0.2, 0.25) is 0 Å². The number of hydrogen-bond acceptors (Lipinski definition) is 7. The highest BCUT2D eigenvalue weighted by atomic mass is 32.2. The molecule has 9 nitrogen and oxygen atoms in total. The highest BCUT2D eigenvalue weighted by Gasteiger charge is 2.34. The molecule has 0 radical (unpaired) electrons. The second-order valence-electron chi connectivity index (χ2n) is 10.1. The first-order valence-electron chi connectivity index (χ1n) is 14.4. The summed E-state index contributed by atoms with van der Waals surface area (Å²) in [6.45, 7) is 1.57. The van der Waals surface area contributed by atoms with Crippen LogP contribution >= 0.6 is 11.8 Å². The number of ether oxygens (including phenoxy) is 3. The van der Waals surface area contributed by atoms with Gasteiger partial charge in [0.05, 0.1) is 37.8 Å². The molecule has 0 bridgehead atoms. The van der Waals surface area contributed by atoms with Crippen LogP contribution in [0.5, 0.6) is 17.2 Å². The average molecular weight is 680 g/mol. The molecule has 3 N–H and O–H groups in total. The van der Waals surface area contributed by atoms with Gasteiger partial charge in [0.25, 0.3) is 11.8 Å². The fourth-order valence-corrected chi connectivity index (χ4v) is 5.28. The summed E-state index contributed by atoms with van der Waals surface area (Å²) in [5.74, 6) is -0.640. The third-order valence-electron chi connectivity index (χ3n) is 6.85. The van der Waals surface area contributed by atoms with Crippen LogP contribution in [-0.2, 0) is 15.8 Å². The van der Waals surface area contributed by atoms with E-state index < -0.39 is 34.7 Å². The van der Waals surface area contributed by atoms with Crippen molar-refractivity contribution in [2.75, 3.05) is 32.0 Å². The first kappa shape index (κ1) is 35.4. The molecule has 13 heteroatoms. The fourth-order valence-electron chi connectivity index (χ4n) is 4.41. The van der Waals surface area contributed by atoms with Gasteiger partial charge in [-0.3, -0.25) is 14.4 Å². The van der Waals surface area contributed by atoms with Crippen molar-refractivity contribution >= 4 is 46.9 Å². The quantitative estimate of drug-likeness (QED) is 0.107. The van der Waals surface area contributed by atoms with E-state index in [2.05, 4.69) is 16.0 Å². The Hall–Kier alpha value is -5.43. The number of alkyl halides is 3. The highest BCUT2D eigenvalue weighted by molar-refractivity contribution is 8.00. The number of para-hydroxylation sites is 1. The van der Waals surface area contributed by atoms with E-state index in [4.69, 9.17) is 14.2 Å². The number of nitrogens with one attached hydrogen (secondary N) is 3. The van der Waals surface area contributed by atoms with Crippen LogP contribution in [0.4, 0.5) is 24.5 Å². The predicted molar refractivity (Wildman–Crippen MR) is 178 cm³/mol. The SMILES string of the molecule is COc1cc(OC)c(OC)cc1/C=C(\NC(=O)c1ccccc1)C(=O)Nc1ccc(SC(C)C(=O)Nc2ccccc2C(F)(F)F)cc1. The lowest BCUT2D eigenvalue weighted by Crippen LogP contribution is -2.30. The van der Waals surface area contributed by atoms with E-state index >= 15 is 0 Å². The number of methoxy groups -OCH3 is 3. The molecule has 0 heterocycles. The summed E-state index contributed by atoms with van der Waals surface area (Å²) in [6, 6.07) is 22.8. The van der Waals surface area contributed by atoms with E-state index in [0.717, 1.165) is 17.8 Å². The van der Waals surface area contributed by atoms with Crippen LogP contribution in [0.3, 0.4) is 0 Å². The maximum absolute atomic E-state index is 13.6. The van der Waals surface area contributed by atoms with Gasteiger partial charge in [0.2, 0.25) is 5.91 Å². The molecule has 250 valence electrons. The van der Waals surface area contributed by atoms with E-state index in [-0.39, 0.29) is 11.4 Å². The molecular formula is C35H32F3N3O6S. The Labute approximate surface area is 279 Å². The summed E-state index contributed by atoms with van der Waals surface area (Å²) in [4.78, 5) is 40.0. The summed E-state index contributed by atoms with van der Waals surface area (Å²) >= 11 is 1.13. The highest BCUT2D eigenvalue weighted by Crippen LogP contribution is 2.37. The van der Waals surface area contributed by atoms with Crippen LogP contribution in [0.25, 0.3) is 6.08 Å². The molecule has 0 saturated heterocycles. The number of rotatable bonds is 12. The van der Waals surface area contributed by atoms with Crippen LogP contribution < -0.4 is 30.2 Å². The molecule has 3 amide bonds. The Morgan fingerprint density at radius 2 is 1.38 bits per heavy atom. The van der Waals surface area contributed by atoms with Gasteiger partial charge in [0.1, 0.15) is 11.4 Å². The van der Waals surface area contributed by atoms with Gasteiger partial charge in [-0.05, 0) is 67.6 Å². The number of carbonyl (C=O) groups excluding carboxylic acids is 3. The third kappa shape index (κ3) is 9.10. The lowest BCUT2D eigenvalue weighted by atomic mass is 10.1. The maximum Gasteiger partial charge on any atom is 0.418 e. The molecule has 4 rings (SSSR count). The van der Waals surface area contributed by atoms with Crippen molar-refractivity contribution in [3.8, 4) is 17.2 Å². The normalized spacial score (nSPS) is 12.0. The predicted octanol–water partition coefficient (Wildman–Crippen LogP) is 7.26. The monoisotopic (exact) mass is 679 g/mol. The Morgan fingerprint density at radius 3 is 2.00 bits per heavy atom. The van der Waals surface area contributed by atoms with Gasteiger partial charge in [0, 0.05) is 27.8 Å². The lowest BCUT2D eigenvalue weighted by molar-refractivity contribution is -0.137. The zero-order chi connectivity index (χ0) is 34.8. The number of thioether (sulfide) groups is 1. The van der Waals surface area contributed by atoms with Gasteiger partial charge < -0.3 is 30.2 Å². The fraction of sp³-hybridized carbons (Fsp3) is 0.171. The second kappa shape index (κ2) is 15.9. The Balaban J connectivity index is 1.52. The topological polar surface area (TPSA) is 115 Å². The number of benzene rings is 4. The molecule has 0 aliphatic heterocycles. The number of amides is 3. The van der Waals surface area contributed by atoms with E-state index in [1.54, 1.807) is 73.7 Å². The van der Waals surface area contributed by atoms with Crippen LogP contribution in [-0.4, -0.2) is 44.3 Å². The van der Waals surface area contributed by atoms with Gasteiger partial charge >= 0.3 is 6.18 Å². The van der Waals surface area contributed by atoms with Gasteiger partial charge in [0.15, 0.2) is 11.5 Å². The molecule has 1 unspecified atom stereocenters. The molecule has 0 aromatic heterocycles. The summed E-state index contributed by atoms with van der Waals surface area (Å²) in [5.41, 5.74) is -0.234. The van der Waals surface area contributed by atoms with Crippen molar-refractivity contribution in [2.24, 2.45) is 0 Å². The summed E-state index contributed by atoms with van der Waals surface area (Å²) in [5, 5.41) is 7.03. The Bertz CT molecular complexity index is 1800. The zero-order valence-electron chi connectivity index (χ0n) is 26.3. The Morgan fingerprint density at radius 1 is 0.771 bits per heavy atom. The number of anilines is 2. The van der Waals surface area contributed by atoms with Crippen molar-refractivity contribution in [3.63, 3.8) is 0 Å². The minimum absolute atomic E-state index is 0.0998. The first-order valence-corrected chi connectivity index (χ1v) is 15.2. The summed E-state index contributed by atoms with van der Waals surface area (Å²) < 4.78 is 56.2. The van der Waals surface area contributed by atoms with Crippen molar-refractivity contribution in [2.45, 2.75) is 23.2 Å². The molecule has 0 fully saturated rings. The number of carbonyl (C=O) groups is 3. The van der Waals surface area contributed by atoms with Crippen molar-refractivity contribution in [1.29, 1.82) is 0 Å². The zero-order valence-corrected chi connectivity index (χ0v) is 27.1. The summed E-state index contributed by atoms with van der Waals surface area (Å²) in [6.07, 6.45) is -3.17. The molecule has 4 aromatic rings.